The molecule has 1 heterocycles. The number of hydrogen-bond acceptors (Lipinski definition) is 5. The minimum atomic E-state index is -3.75. The maximum absolute atomic E-state index is 13.0. The Balaban J connectivity index is 1.58. The number of nitrogens with zero attached hydrogens (tertiary/aromatic N) is 2. The van der Waals surface area contributed by atoms with Gasteiger partial charge in [-0.15, -0.1) is 0 Å². The van der Waals surface area contributed by atoms with Crippen LogP contribution in [-0.4, -0.2) is 30.1 Å². The minimum Gasteiger partial charge on any atom is -0.323 e. The average Bonchev–Trinajstić information content (AvgIpc) is 3.41. The van der Waals surface area contributed by atoms with E-state index in [0.717, 1.165) is 11.3 Å². The summed E-state index contributed by atoms with van der Waals surface area (Å²) in [5.74, 6) is -0.340. The average molecular weight is 540 g/mol. The van der Waals surface area contributed by atoms with E-state index in [4.69, 9.17) is 0 Å². The zero-order chi connectivity index (χ0) is 28.0. The molecule has 0 fully saturated rings. The Morgan fingerprint density at radius 1 is 1.03 bits per heavy atom. The van der Waals surface area contributed by atoms with Crippen LogP contribution in [0.2, 0.25) is 0 Å². The van der Waals surface area contributed by atoms with E-state index in [1.54, 1.807) is 93.7 Å². The van der Waals surface area contributed by atoms with Crippen LogP contribution in [0, 0.1) is 11.3 Å². The van der Waals surface area contributed by atoms with Crippen LogP contribution in [0.5, 0.6) is 0 Å². The van der Waals surface area contributed by atoms with Crippen LogP contribution < -0.4 is 10.0 Å². The topological polar surface area (TPSA) is 128 Å². The molecule has 0 aliphatic carbocycles. The van der Waals surface area contributed by atoms with Gasteiger partial charge in [0.25, 0.3) is 0 Å². The number of aromatic nitrogens is 2. The zero-order valence-corrected chi connectivity index (χ0v) is 22.7. The Bertz CT molecular complexity index is 1640. The molecule has 4 rings (SSSR count). The van der Waals surface area contributed by atoms with Crippen molar-refractivity contribution in [2.75, 3.05) is 5.32 Å². The summed E-state index contributed by atoms with van der Waals surface area (Å²) in [5, 5.41) is 19.1. The Kier molecular flexibility index (Phi) is 8.10. The third-order valence-corrected chi connectivity index (χ3v) is 7.49. The van der Waals surface area contributed by atoms with Gasteiger partial charge in [0.05, 0.1) is 22.2 Å². The molecule has 1 aromatic heterocycles. The third kappa shape index (κ3) is 7.29. The lowest BCUT2D eigenvalue weighted by Crippen LogP contribution is -2.40. The number of carbonyl (C=O) groups is 1. The number of amides is 1. The molecule has 3 aromatic carbocycles. The van der Waals surface area contributed by atoms with E-state index in [-0.39, 0.29) is 10.8 Å². The molecule has 0 aliphatic heterocycles. The van der Waals surface area contributed by atoms with Crippen molar-refractivity contribution in [3.05, 3.63) is 108 Å². The van der Waals surface area contributed by atoms with E-state index >= 15 is 0 Å². The summed E-state index contributed by atoms with van der Waals surface area (Å²) in [6.45, 7) is 5.37. The summed E-state index contributed by atoms with van der Waals surface area (Å²) in [6.07, 6.45) is 3.61. The van der Waals surface area contributed by atoms with Crippen molar-refractivity contribution in [3.63, 3.8) is 0 Å². The van der Waals surface area contributed by atoms with Crippen molar-refractivity contribution in [2.45, 2.75) is 37.6 Å². The van der Waals surface area contributed by atoms with Gasteiger partial charge in [0, 0.05) is 35.5 Å². The fourth-order valence-corrected chi connectivity index (χ4v) is 5.73. The largest absolute Gasteiger partial charge is 0.323 e. The predicted octanol–water partition coefficient (Wildman–Crippen LogP) is 5.29. The van der Waals surface area contributed by atoms with Crippen LogP contribution in [0.4, 0.5) is 5.69 Å². The van der Waals surface area contributed by atoms with E-state index in [0.29, 0.717) is 34.4 Å². The Hall–Kier alpha value is -4.52. The number of anilines is 1. The normalized spacial score (nSPS) is 12.1. The summed E-state index contributed by atoms with van der Waals surface area (Å²) >= 11 is 0. The van der Waals surface area contributed by atoms with Crippen molar-refractivity contribution in [2.24, 2.45) is 0 Å². The Labute approximate surface area is 228 Å². The van der Waals surface area contributed by atoms with E-state index in [1.807, 2.05) is 12.1 Å². The van der Waals surface area contributed by atoms with Crippen LogP contribution in [0.25, 0.3) is 16.7 Å². The molecule has 1 amide bonds. The monoisotopic (exact) mass is 539 g/mol. The molecular weight excluding hydrogens is 510 g/mol. The van der Waals surface area contributed by atoms with E-state index in [9.17, 15) is 18.5 Å². The van der Waals surface area contributed by atoms with Crippen LogP contribution in [0.3, 0.4) is 0 Å². The Morgan fingerprint density at radius 3 is 2.44 bits per heavy atom. The first kappa shape index (κ1) is 27.5. The molecule has 0 saturated carbocycles. The molecule has 0 aliphatic rings. The van der Waals surface area contributed by atoms with Crippen LogP contribution in [0.15, 0.2) is 96.0 Å². The summed E-state index contributed by atoms with van der Waals surface area (Å²) < 4.78 is 28.8. The van der Waals surface area contributed by atoms with Crippen molar-refractivity contribution >= 4 is 27.2 Å². The van der Waals surface area contributed by atoms with E-state index in [2.05, 4.69) is 26.3 Å². The molecular formula is C30H29N5O3S. The van der Waals surface area contributed by atoms with Crippen LogP contribution in [0.1, 0.15) is 37.6 Å². The summed E-state index contributed by atoms with van der Waals surface area (Å²) in [4.78, 5) is 13.2. The van der Waals surface area contributed by atoms with Crippen LogP contribution >= 0.6 is 0 Å². The lowest BCUT2D eigenvalue weighted by Gasteiger charge is -2.21. The molecule has 0 radical (unpaired) electrons. The first-order valence-corrected chi connectivity index (χ1v) is 13.8. The molecule has 0 spiro atoms. The first-order valence-electron chi connectivity index (χ1n) is 12.3. The minimum absolute atomic E-state index is 0.183. The molecule has 0 bridgehead atoms. The third-order valence-electron chi connectivity index (χ3n) is 5.68. The number of hydrogen-bond donors (Lipinski definition) is 3. The molecule has 198 valence electrons. The first-order chi connectivity index (χ1) is 18.5. The number of H-pyrrole nitrogens is 1. The number of nitriles is 1. The second-order valence-electron chi connectivity index (χ2n) is 10.0. The quantitative estimate of drug-likeness (QED) is 0.262. The van der Waals surface area contributed by atoms with Crippen molar-refractivity contribution < 1.29 is 13.2 Å². The van der Waals surface area contributed by atoms with Crippen LogP contribution in [-0.2, 0) is 21.2 Å². The van der Waals surface area contributed by atoms with Gasteiger partial charge in [-0.1, -0.05) is 42.5 Å². The fourth-order valence-electron chi connectivity index (χ4n) is 4.08. The number of rotatable bonds is 8. The van der Waals surface area contributed by atoms with Gasteiger partial charge in [0.15, 0.2) is 0 Å². The smallest absolute Gasteiger partial charge is 0.248 e. The number of carbonyl (C=O) groups excluding carboxylic acids is 1. The van der Waals surface area contributed by atoms with Crippen molar-refractivity contribution in [1.82, 2.24) is 14.9 Å². The molecule has 0 saturated heterocycles. The highest BCUT2D eigenvalue weighted by molar-refractivity contribution is 7.89. The lowest BCUT2D eigenvalue weighted by molar-refractivity contribution is -0.111. The van der Waals surface area contributed by atoms with E-state index < -0.39 is 15.6 Å². The van der Waals surface area contributed by atoms with Gasteiger partial charge in [-0.2, -0.15) is 10.4 Å². The number of sulfonamides is 1. The number of nitrogens with one attached hydrogen (secondary N) is 3. The lowest BCUT2D eigenvalue weighted by atomic mass is 9.99. The van der Waals surface area contributed by atoms with Crippen molar-refractivity contribution in [3.8, 4) is 17.2 Å². The summed E-state index contributed by atoms with van der Waals surface area (Å²) in [6, 6.07) is 24.8. The molecule has 8 nitrogen and oxygen atoms in total. The number of benzene rings is 3. The second kappa shape index (κ2) is 11.5. The molecule has 0 atom stereocenters. The fraction of sp³-hybridized carbons (Fsp3) is 0.167. The number of allylic oxidation sites excluding steroid dienone is 1. The second-order valence-corrected chi connectivity index (χ2v) is 11.7. The highest BCUT2D eigenvalue weighted by Crippen LogP contribution is 2.29. The van der Waals surface area contributed by atoms with E-state index in [1.165, 1.54) is 6.08 Å². The zero-order valence-electron chi connectivity index (χ0n) is 21.9. The summed E-state index contributed by atoms with van der Waals surface area (Å²) in [7, 11) is -3.75. The van der Waals surface area contributed by atoms with Gasteiger partial charge in [0.2, 0.25) is 15.9 Å². The molecule has 4 aromatic rings. The van der Waals surface area contributed by atoms with Gasteiger partial charge in [-0.3, -0.25) is 9.89 Å². The predicted molar refractivity (Wildman–Crippen MR) is 152 cm³/mol. The van der Waals surface area contributed by atoms with Crippen molar-refractivity contribution in [1.29, 1.82) is 5.26 Å². The standard InChI is InChI=1S/C30H29N5O3S/c1-30(2,3)35-39(37,38)28-10-5-4-9-27(28)22-11-13-25(14-12-22)33-29(36)19-24(18-26-15-16-32-34-26)23-8-6-7-21(17-23)20-31/h4-17,19,35H,18H2,1-3H3,(H,32,34)(H,33,36). The van der Waals surface area contributed by atoms with Gasteiger partial charge >= 0.3 is 0 Å². The highest BCUT2D eigenvalue weighted by atomic mass is 32.2. The maximum Gasteiger partial charge on any atom is 0.248 e. The maximum atomic E-state index is 13.0. The molecule has 9 heteroatoms. The summed E-state index contributed by atoms with van der Waals surface area (Å²) in [5.41, 5.74) is 3.91. The van der Waals surface area contributed by atoms with Gasteiger partial charge in [0.1, 0.15) is 0 Å². The molecule has 3 N–H and O–H groups in total. The number of aromatic amines is 1. The van der Waals surface area contributed by atoms with Gasteiger partial charge < -0.3 is 5.32 Å². The molecule has 0 unspecified atom stereocenters. The Morgan fingerprint density at radius 2 is 1.77 bits per heavy atom. The van der Waals surface area contributed by atoms with Gasteiger partial charge in [-0.05, 0) is 73.9 Å². The molecule has 39 heavy (non-hydrogen) atoms. The SMILES string of the molecule is CC(C)(C)NS(=O)(=O)c1ccccc1-c1ccc(NC(=O)C=C(Cc2cc[nH]n2)c2cccc(C#N)c2)cc1. The highest BCUT2D eigenvalue weighted by Gasteiger charge is 2.24. The van der Waals surface area contributed by atoms with Gasteiger partial charge in [-0.25, -0.2) is 13.1 Å².